The van der Waals surface area contributed by atoms with Crippen LogP contribution in [0.2, 0.25) is 0 Å². The first kappa shape index (κ1) is 16.4. The summed E-state index contributed by atoms with van der Waals surface area (Å²) in [5.74, 6) is 0.594. The van der Waals surface area contributed by atoms with Gasteiger partial charge in [0.05, 0.1) is 30.9 Å². The molecule has 0 bridgehead atoms. The molecule has 0 aliphatic rings. The van der Waals surface area contributed by atoms with Crippen LogP contribution in [0.3, 0.4) is 0 Å². The third-order valence-corrected chi connectivity index (χ3v) is 3.13. The van der Waals surface area contributed by atoms with Crippen LogP contribution in [0.25, 0.3) is 0 Å². The number of nitriles is 1. The fraction of sp³-hybridized carbons (Fsp3) is 0.222. The van der Waals surface area contributed by atoms with Crippen molar-refractivity contribution in [3.63, 3.8) is 0 Å². The van der Waals surface area contributed by atoms with Crippen LogP contribution in [0, 0.1) is 11.3 Å². The fourth-order valence-electron chi connectivity index (χ4n) is 2.03. The lowest BCUT2D eigenvalue weighted by molar-refractivity contribution is 0.0472. The largest absolute Gasteiger partial charge is 0.493 e. The molecule has 5 heteroatoms. The first-order valence-corrected chi connectivity index (χ1v) is 7.15. The molecule has 23 heavy (non-hydrogen) atoms. The molecular weight excluding hydrogens is 294 g/mol. The van der Waals surface area contributed by atoms with E-state index in [0.29, 0.717) is 29.2 Å². The van der Waals surface area contributed by atoms with Gasteiger partial charge >= 0.3 is 5.97 Å². The van der Waals surface area contributed by atoms with Crippen LogP contribution in [-0.2, 0) is 11.3 Å². The summed E-state index contributed by atoms with van der Waals surface area (Å²) in [5.41, 5.74) is 1.67. The lowest BCUT2D eigenvalue weighted by Crippen LogP contribution is -2.06. The molecule has 0 radical (unpaired) electrons. The molecule has 0 saturated heterocycles. The van der Waals surface area contributed by atoms with E-state index in [9.17, 15) is 4.79 Å². The summed E-state index contributed by atoms with van der Waals surface area (Å²) in [5, 5.41) is 8.86. The van der Waals surface area contributed by atoms with Gasteiger partial charge in [0.2, 0.25) is 0 Å². The lowest BCUT2D eigenvalue weighted by Gasteiger charge is -2.11. The van der Waals surface area contributed by atoms with E-state index in [4.69, 9.17) is 19.5 Å². The summed E-state index contributed by atoms with van der Waals surface area (Å²) < 4.78 is 15.9. The Kier molecular flexibility index (Phi) is 5.59. The fourth-order valence-corrected chi connectivity index (χ4v) is 2.03. The molecule has 2 aromatic rings. The molecule has 0 saturated carbocycles. The number of carbonyl (C=O) groups is 1. The van der Waals surface area contributed by atoms with Crippen molar-refractivity contribution in [3.05, 3.63) is 59.2 Å². The summed E-state index contributed by atoms with van der Waals surface area (Å²) in [7, 11) is 1.54. The van der Waals surface area contributed by atoms with Crippen molar-refractivity contribution in [1.29, 1.82) is 5.26 Å². The standard InChI is InChI=1S/C18H17NO4/c1-3-22-17-10-15(7-8-16(17)21-2)18(20)23-12-14-6-4-5-13(9-14)11-19/h4-10H,3,12H2,1-2H3. The maximum absolute atomic E-state index is 12.1. The molecule has 0 N–H and O–H groups in total. The number of carbonyl (C=O) groups excluding carboxylic acids is 1. The minimum atomic E-state index is -0.462. The van der Waals surface area contributed by atoms with Crippen molar-refractivity contribution < 1.29 is 19.0 Å². The van der Waals surface area contributed by atoms with Gasteiger partial charge in [0.1, 0.15) is 6.61 Å². The first-order chi connectivity index (χ1) is 11.2. The Morgan fingerprint density at radius 2 is 2.00 bits per heavy atom. The highest BCUT2D eigenvalue weighted by Crippen LogP contribution is 2.28. The van der Waals surface area contributed by atoms with E-state index in [0.717, 1.165) is 5.56 Å². The van der Waals surface area contributed by atoms with Gasteiger partial charge in [-0.25, -0.2) is 4.79 Å². The summed E-state index contributed by atoms with van der Waals surface area (Å²) in [6.45, 7) is 2.42. The van der Waals surface area contributed by atoms with Crippen LogP contribution in [0.5, 0.6) is 11.5 Å². The Labute approximate surface area is 135 Å². The molecule has 0 unspecified atom stereocenters. The molecule has 0 aliphatic carbocycles. The topological polar surface area (TPSA) is 68.5 Å². The summed E-state index contributed by atoms with van der Waals surface area (Å²) in [6, 6.07) is 13.9. The zero-order valence-electron chi connectivity index (χ0n) is 13.0. The third kappa shape index (κ3) is 4.24. The molecule has 0 fully saturated rings. The average molecular weight is 311 g/mol. The van der Waals surface area contributed by atoms with Crippen LogP contribution >= 0.6 is 0 Å². The van der Waals surface area contributed by atoms with E-state index in [2.05, 4.69) is 0 Å². The second-order valence-corrected chi connectivity index (χ2v) is 4.69. The zero-order valence-corrected chi connectivity index (χ0v) is 13.0. The molecule has 2 rings (SSSR count). The van der Waals surface area contributed by atoms with Crippen LogP contribution < -0.4 is 9.47 Å². The smallest absolute Gasteiger partial charge is 0.338 e. The van der Waals surface area contributed by atoms with Gasteiger partial charge in [-0.15, -0.1) is 0 Å². The Bertz CT molecular complexity index is 734. The molecule has 0 heterocycles. The van der Waals surface area contributed by atoms with Crippen molar-refractivity contribution >= 4 is 5.97 Å². The van der Waals surface area contributed by atoms with Crippen molar-refractivity contribution in [2.45, 2.75) is 13.5 Å². The highest BCUT2D eigenvalue weighted by molar-refractivity contribution is 5.90. The molecule has 0 spiro atoms. The van der Waals surface area contributed by atoms with Crippen LogP contribution in [-0.4, -0.2) is 19.7 Å². The molecular formula is C18H17NO4. The van der Waals surface area contributed by atoms with E-state index in [1.54, 1.807) is 42.5 Å². The van der Waals surface area contributed by atoms with Crippen molar-refractivity contribution in [2.24, 2.45) is 0 Å². The van der Waals surface area contributed by atoms with Gasteiger partial charge in [-0.1, -0.05) is 12.1 Å². The first-order valence-electron chi connectivity index (χ1n) is 7.15. The number of benzene rings is 2. The summed E-state index contributed by atoms with van der Waals surface area (Å²) >= 11 is 0. The van der Waals surface area contributed by atoms with Gasteiger partial charge in [-0.05, 0) is 42.8 Å². The van der Waals surface area contributed by atoms with Crippen molar-refractivity contribution in [2.75, 3.05) is 13.7 Å². The van der Waals surface area contributed by atoms with Gasteiger partial charge in [0, 0.05) is 0 Å². The molecule has 0 aliphatic heterocycles. The van der Waals surface area contributed by atoms with Gasteiger partial charge in [-0.3, -0.25) is 0 Å². The molecule has 5 nitrogen and oxygen atoms in total. The Morgan fingerprint density at radius 3 is 2.70 bits per heavy atom. The van der Waals surface area contributed by atoms with Crippen LogP contribution in [0.15, 0.2) is 42.5 Å². The predicted molar refractivity (Wildman–Crippen MR) is 84.4 cm³/mol. The van der Waals surface area contributed by atoms with E-state index < -0.39 is 5.97 Å². The van der Waals surface area contributed by atoms with E-state index in [1.807, 2.05) is 13.0 Å². The van der Waals surface area contributed by atoms with Gasteiger partial charge in [0.25, 0.3) is 0 Å². The quantitative estimate of drug-likeness (QED) is 0.765. The number of nitrogens with zero attached hydrogens (tertiary/aromatic N) is 1. The number of ether oxygens (including phenoxy) is 3. The number of esters is 1. The SMILES string of the molecule is CCOc1cc(C(=O)OCc2cccc(C#N)c2)ccc1OC. The minimum Gasteiger partial charge on any atom is -0.493 e. The Morgan fingerprint density at radius 1 is 1.17 bits per heavy atom. The number of methoxy groups -OCH3 is 1. The maximum atomic E-state index is 12.1. The number of rotatable bonds is 6. The second kappa shape index (κ2) is 7.85. The second-order valence-electron chi connectivity index (χ2n) is 4.69. The normalized spacial score (nSPS) is 9.78. The van der Waals surface area contributed by atoms with Crippen molar-refractivity contribution in [3.8, 4) is 17.6 Å². The molecule has 0 aromatic heterocycles. The Hall–Kier alpha value is -3.00. The number of hydrogen-bond acceptors (Lipinski definition) is 5. The molecule has 2 aromatic carbocycles. The Balaban J connectivity index is 2.08. The highest BCUT2D eigenvalue weighted by Gasteiger charge is 2.12. The van der Waals surface area contributed by atoms with E-state index in [-0.39, 0.29) is 6.61 Å². The summed E-state index contributed by atoms with van der Waals surface area (Å²) in [6.07, 6.45) is 0. The zero-order chi connectivity index (χ0) is 16.7. The van der Waals surface area contributed by atoms with E-state index in [1.165, 1.54) is 7.11 Å². The third-order valence-electron chi connectivity index (χ3n) is 3.13. The molecule has 0 atom stereocenters. The van der Waals surface area contributed by atoms with Gasteiger partial charge in [0.15, 0.2) is 11.5 Å². The lowest BCUT2D eigenvalue weighted by atomic mass is 10.1. The number of hydrogen-bond donors (Lipinski definition) is 0. The van der Waals surface area contributed by atoms with Crippen LogP contribution in [0.1, 0.15) is 28.4 Å². The minimum absolute atomic E-state index is 0.102. The van der Waals surface area contributed by atoms with Crippen LogP contribution in [0.4, 0.5) is 0 Å². The molecule has 0 amide bonds. The monoisotopic (exact) mass is 311 g/mol. The van der Waals surface area contributed by atoms with Gasteiger partial charge < -0.3 is 14.2 Å². The highest BCUT2D eigenvalue weighted by atomic mass is 16.5. The molecule has 118 valence electrons. The summed E-state index contributed by atoms with van der Waals surface area (Å²) in [4.78, 5) is 12.1. The van der Waals surface area contributed by atoms with Crippen molar-refractivity contribution in [1.82, 2.24) is 0 Å². The predicted octanol–water partition coefficient (Wildman–Crippen LogP) is 3.32. The van der Waals surface area contributed by atoms with Gasteiger partial charge in [-0.2, -0.15) is 5.26 Å². The average Bonchev–Trinajstić information content (AvgIpc) is 2.60. The van der Waals surface area contributed by atoms with E-state index >= 15 is 0 Å². The maximum Gasteiger partial charge on any atom is 0.338 e.